The molecular weight excluding hydrogens is 322 g/mol. The highest BCUT2D eigenvalue weighted by atomic mass is 32.2. The smallest absolute Gasteiger partial charge is 0.265 e. The summed E-state index contributed by atoms with van der Waals surface area (Å²) in [6.07, 6.45) is 2.95. The van der Waals surface area contributed by atoms with Crippen LogP contribution in [0.1, 0.15) is 14.5 Å². The van der Waals surface area contributed by atoms with Gasteiger partial charge >= 0.3 is 0 Å². The quantitative estimate of drug-likeness (QED) is 0.790. The number of nitrogen functional groups attached to an aromatic ring is 1. The van der Waals surface area contributed by atoms with Crippen molar-refractivity contribution >= 4 is 51.0 Å². The van der Waals surface area contributed by atoms with Crippen molar-refractivity contribution in [3.05, 3.63) is 27.3 Å². The van der Waals surface area contributed by atoms with Crippen LogP contribution >= 0.6 is 34.4 Å². The number of hydrogen-bond acceptors (Lipinski definition) is 6. The molecule has 7 heteroatoms. The Balaban J connectivity index is 2.11. The molecule has 0 aliphatic heterocycles. The zero-order valence-corrected chi connectivity index (χ0v) is 14.8. The molecule has 0 aliphatic carbocycles. The molecule has 0 aliphatic rings. The van der Waals surface area contributed by atoms with E-state index in [0.29, 0.717) is 10.6 Å². The van der Waals surface area contributed by atoms with E-state index < -0.39 is 0 Å². The molecule has 2 aromatic heterocycles. The van der Waals surface area contributed by atoms with Crippen LogP contribution in [0.4, 0.5) is 10.7 Å². The number of thiophene rings is 2. The summed E-state index contributed by atoms with van der Waals surface area (Å²) in [4.78, 5) is 16.6. The van der Waals surface area contributed by atoms with Crippen LogP contribution in [0, 0.1) is 0 Å². The van der Waals surface area contributed by atoms with E-state index in [1.165, 1.54) is 16.2 Å². The van der Waals surface area contributed by atoms with Gasteiger partial charge in [-0.15, -0.1) is 34.4 Å². The largest absolute Gasteiger partial charge is 0.396 e. The summed E-state index contributed by atoms with van der Waals surface area (Å²) in [5.41, 5.74) is 6.71. The van der Waals surface area contributed by atoms with Crippen molar-refractivity contribution in [2.45, 2.75) is 11.3 Å². The number of nitrogens with zero attached hydrogens (tertiary/aromatic N) is 1. The Morgan fingerprint density at radius 3 is 2.81 bits per heavy atom. The summed E-state index contributed by atoms with van der Waals surface area (Å²) >= 11 is 4.77. The molecule has 2 rings (SSSR count). The highest BCUT2D eigenvalue weighted by molar-refractivity contribution is 7.99. The summed E-state index contributed by atoms with van der Waals surface area (Å²) in [7, 11) is 3.48. The van der Waals surface area contributed by atoms with Crippen LogP contribution in [0.25, 0.3) is 0 Å². The highest BCUT2D eigenvalue weighted by Crippen LogP contribution is 2.42. The van der Waals surface area contributed by atoms with Crippen LogP contribution in [0.3, 0.4) is 0 Å². The molecule has 0 bridgehead atoms. The molecule has 0 fully saturated rings. The second-order valence-corrected chi connectivity index (χ2v) is 7.53. The summed E-state index contributed by atoms with van der Waals surface area (Å²) in [5, 5.41) is 6.48. The Morgan fingerprint density at radius 2 is 2.24 bits per heavy atom. The minimum Gasteiger partial charge on any atom is -0.396 e. The predicted octanol–water partition coefficient (Wildman–Crippen LogP) is 3.47. The second kappa shape index (κ2) is 7.20. The van der Waals surface area contributed by atoms with E-state index in [-0.39, 0.29) is 5.91 Å². The predicted molar refractivity (Wildman–Crippen MR) is 95.0 cm³/mol. The van der Waals surface area contributed by atoms with Gasteiger partial charge in [-0.2, -0.15) is 0 Å². The van der Waals surface area contributed by atoms with Gasteiger partial charge in [0.2, 0.25) is 0 Å². The molecule has 0 radical (unpaired) electrons. The summed E-state index contributed by atoms with van der Waals surface area (Å²) in [6.45, 7) is 0.837. The van der Waals surface area contributed by atoms with Crippen LogP contribution in [-0.4, -0.2) is 37.7 Å². The number of nitrogens with two attached hydrogens (primary N) is 1. The first-order valence-electron chi connectivity index (χ1n) is 6.48. The van der Waals surface area contributed by atoms with Crippen molar-refractivity contribution in [3.63, 3.8) is 0 Å². The van der Waals surface area contributed by atoms with Gasteiger partial charge in [0.1, 0.15) is 9.88 Å². The second-order valence-electron chi connectivity index (χ2n) is 4.66. The Bertz CT molecular complexity index is 605. The van der Waals surface area contributed by atoms with E-state index in [1.807, 2.05) is 6.26 Å². The van der Waals surface area contributed by atoms with Crippen LogP contribution in [0.5, 0.6) is 0 Å². The molecule has 3 N–H and O–H groups in total. The minimum absolute atomic E-state index is 0.0425. The lowest BCUT2D eigenvalue weighted by atomic mass is 10.3. The minimum atomic E-state index is -0.0425. The maximum atomic E-state index is 12.1. The zero-order chi connectivity index (χ0) is 15.4. The average Bonchev–Trinajstić information content (AvgIpc) is 3.06. The van der Waals surface area contributed by atoms with Crippen LogP contribution < -0.4 is 11.1 Å². The fraction of sp³-hybridized carbons (Fsp3) is 0.357. The van der Waals surface area contributed by atoms with Crippen molar-refractivity contribution in [3.8, 4) is 0 Å². The van der Waals surface area contributed by atoms with Gasteiger partial charge in [-0.3, -0.25) is 4.79 Å². The van der Waals surface area contributed by atoms with E-state index in [1.54, 1.807) is 42.1 Å². The fourth-order valence-corrected chi connectivity index (χ4v) is 4.65. The molecule has 1 amide bonds. The molecule has 2 aromatic rings. The van der Waals surface area contributed by atoms with Gasteiger partial charge in [0, 0.05) is 25.5 Å². The molecule has 0 aromatic carbocycles. The first-order chi connectivity index (χ1) is 10.0. The lowest BCUT2D eigenvalue weighted by Gasteiger charge is -2.08. The van der Waals surface area contributed by atoms with Crippen molar-refractivity contribution < 1.29 is 4.79 Å². The van der Waals surface area contributed by atoms with Gasteiger partial charge in [0.15, 0.2) is 0 Å². The molecular formula is C14H19N3OS3. The molecule has 2 heterocycles. The molecule has 114 valence electrons. The summed E-state index contributed by atoms with van der Waals surface area (Å²) < 4.78 is 0. The van der Waals surface area contributed by atoms with Gasteiger partial charge in [-0.1, -0.05) is 6.07 Å². The van der Waals surface area contributed by atoms with Crippen LogP contribution in [0.15, 0.2) is 22.4 Å². The number of nitrogens with one attached hydrogen (secondary N) is 1. The van der Waals surface area contributed by atoms with Crippen LogP contribution in [-0.2, 0) is 6.42 Å². The average molecular weight is 342 g/mol. The molecule has 0 saturated heterocycles. The van der Waals surface area contributed by atoms with Crippen molar-refractivity contribution in [1.82, 2.24) is 4.90 Å². The van der Waals surface area contributed by atoms with Crippen molar-refractivity contribution in [2.24, 2.45) is 0 Å². The Kier molecular flexibility index (Phi) is 5.55. The van der Waals surface area contributed by atoms with Gasteiger partial charge in [-0.25, -0.2) is 0 Å². The first-order valence-corrected chi connectivity index (χ1v) is 9.40. The Morgan fingerprint density at radius 1 is 1.48 bits per heavy atom. The zero-order valence-electron chi connectivity index (χ0n) is 12.3. The standard InChI is InChI=1S/C14H19N3OS3/c1-17(2)14(18)12-10(15)11(19-3)13(21-12)16-7-6-9-5-4-8-20-9/h4-5,8,16H,6-7,15H2,1-3H3. The van der Waals surface area contributed by atoms with E-state index in [2.05, 4.69) is 22.8 Å². The van der Waals surface area contributed by atoms with E-state index in [4.69, 9.17) is 5.73 Å². The Labute approximate surface area is 137 Å². The van der Waals surface area contributed by atoms with Gasteiger partial charge < -0.3 is 16.0 Å². The number of thioether (sulfide) groups is 1. The molecule has 0 spiro atoms. The number of carbonyl (C=O) groups is 1. The number of rotatable bonds is 6. The van der Waals surface area contributed by atoms with E-state index >= 15 is 0 Å². The van der Waals surface area contributed by atoms with Gasteiger partial charge in [0.25, 0.3) is 5.91 Å². The monoisotopic (exact) mass is 341 g/mol. The SMILES string of the molecule is CSc1c(NCCc2cccs2)sc(C(=O)N(C)C)c1N. The maximum Gasteiger partial charge on any atom is 0.265 e. The number of amides is 1. The fourth-order valence-electron chi connectivity index (χ4n) is 1.86. The number of anilines is 2. The normalized spacial score (nSPS) is 10.6. The third kappa shape index (κ3) is 3.72. The van der Waals surface area contributed by atoms with Crippen molar-refractivity contribution in [1.29, 1.82) is 0 Å². The maximum absolute atomic E-state index is 12.1. The van der Waals surface area contributed by atoms with E-state index in [0.717, 1.165) is 22.9 Å². The molecule has 0 unspecified atom stereocenters. The third-order valence-electron chi connectivity index (χ3n) is 2.94. The Hall–Kier alpha value is -1.18. The summed E-state index contributed by atoms with van der Waals surface area (Å²) in [6, 6.07) is 4.19. The topological polar surface area (TPSA) is 58.4 Å². The number of carbonyl (C=O) groups excluding carboxylic acids is 1. The lowest BCUT2D eigenvalue weighted by molar-refractivity contribution is 0.0833. The third-order valence-corrected chi connectivity index (χ3v) is 5.99. The van der Waals surface area contributed by atoms with Gasteiger partial charge in [0.05, 0.1) is 10.6 Å². The summed E-state index contributed by atoms with van der Waals surface area (Å²) in [5.74, 6) is -0.0425. The van der Waals surface area contributed by atoms with Crippen LogP contribution in [0.2, 0.25) is 0 Å². The lowest BCUT2D eigenvalue weighted by Crippen LogP contribution is -2.21. The number of hydrogen-bond donors (Lipinski definition) is 2. The molecule has 21 heavy (non-hydrogen) atoms. The highest BCUT2D eigenvalue weighted by Gasteiger charge is 2.21. The van der Waals surface area contributed by atoms with Crippen molar-refractivity contribution in [2.75, 3.05) is 37.9 Å². The molecule has 4 nitrogen and oxygen atoms in total. The van der Waals surface area contributed by atoms with E-state index in [9.17, 15) is 4.79 Å². The molecule has 0 atom stereocenters. The van der Waals surface area contributed by atoms with Gasteiger partial charge in [-0.05, 0) is 24.1 Å². The first kappa shape index (κ1) is 16.2. The molecule has 0 saturated carbocycles.